The fraction of sp³-hybridized carbons (Fsp3) is 0. The minimum absolute atomic E-state index is 0. The molecule has 30 heteroatoms. The van der Waals surface area contributed by atoms with E-state index in [1.807, 2.05) is 0 Å². The van der Waals surface area contributed by atoms with Gasteiger partial charge in [0.05, 0.1) is 0 Å². The summed E-state index contributed by atoms with van der Waals surface area (Å²) in [4.78, 5) is 0. The molecule has 0 rings (SSSR count). The zero-order valence-electron chi connectivity index (χ0n) is 12.3. The van der Waals surface area contributed by atoms with E-state index in [-0.39, 0.29) is 69.5 Å². The molecule has 0 amide bonds. The average molecular weight is 1250 g/mol. The van der Waals surface area contributed by atoms with Crippen molar-refractivity contribution in [1.82, 2.24) is 0 Å². The Kier molecular flexibility index (Phi) is 55.3. The van der Waals surface area contributed by atoms with E-state index in [0.717, 1.165) is 0 Å². The predicted molar refractivity (Wildman–Crippen MR) is 19.1 cm³/mol. The van der Waals surface area contributed by atoms with E-state index in [1.54, 1.807) is 0 Å². The third-order valence-corrected chi connectivity index (χ3v) is 0. The van der Waals surface area contributed by atoms with Crippen LogP contribution in [-0.4, -0.2) is 52.4 Å². The number of rotatable bonds is 0. The summed E-state index contributed by atoms with van der Waals surface area (Å²) in [6.45, 7) is 0. The molecule has 0 fully saturated rings. The van der Waals surface area contributed by atoms with Crippen LogP contribution in [0.1, 0.15) is 0 Å². The molecule has 0 aromatic carbocycles. The zero-order valence-corrected chi connectivity index (χ0v) is 29.6. The van der Waals surface area contributed by atoms with Gasteiger partial charge in [-0.3, -0.25) is 0 Å². The van der Waals surface area contributed by atoms with Crippen LogP contribution < -0.4 is 41.6 Å². The summed E-state index contributed by atoms with van der Waals surface area (Å²) in [6, 6.07) is 0. The summed E-state index contributed by atoms with van der Waals surface area (Å²) in [5, 5.41) is 0. The summed E-state index contributed by atoms with van der Waals surface area (Å²) in [5.74, 6) is 0. The fourth-order valence-electron chi connectivity index (χ4n) is 0. The van der Waals surface area contributed by atoms with Gasteiger partial charge in [-0.15, -0.1) is 0 Å². The molecule has 0 heterocycles. The topological polar surface area (TPSA) is 418 Å². The van der Waals surface area contributed by atoms with Crippen molar-refractivity contribution in [3.05, 3.63) is 0 Å². The first-order chi connectivity index (χ1) is 11.0. The van der Waals surface area contributed by atoms with Crippen LogP contribution in [0.2, 0.25) is 0 Å². The minimum atomic E-state index is -5.75. The molecule has 0 aromatic rings. The summed E-state index contributed by atoms with van der Waals surface area (Å²) in [5.41, 5.74) is 0. The molecule has 0 aromatic heterocycles. The summed E-state index contributed by atoms with van der Waals surface area (Å²) in [7, 11) is 0. The second-order valence-electron chi connectivity index (χ2n) is 2.04. The Morgan fingerprint density at radius 1 is 0.333 bits per heavy atom. The van der Waals surface area contributed by atoms with Crippen molar-refractivity contribution in [2.24, 2.45) is 0 Å². The second-order valence-corrected chi connectivity index (χ2v) is 8.42. The van der Waals surface area contributed by atoms with Gasteiger partial charge in [-0.05, 0) is 0 Å². The van der Waals surface area contributed by atoms with E-state index in [4.69, 9.17) is 83.0 Å². The molecule has 0 aliphatic carbocycles. The molecule has 0 spiro atoms. The van der Waals surface area contributed by atoms with Crippen molar-refractivity contribution in [3.63, 3.8) is 0 Å². The van der Waals surface area contributed by atoms with Crippen LogP contribution in [0.3, 0.4) is 0 Å². The first kappa shape index (κ1) is 58.7. The van der Waals surface area contributed by atoms with Crippen LogP contribution in [0, 0.1) is 0 Å². The third kappa shape index (κ3) is 3040. The van der Waals surface area contributed by atoms with Crippen LogP contribution in [0.4, 0.5) is 0 Å². The molecule has 0 saturated heterocycles. The molecule has 0 bridgehead atoms. The molecule has 0 atom stereocenters. The summed E-state index contributed by atoms with van der Waals surface area (Å²) < 4.78 is 180. The van der Waals surface area contributed by atoms with E-state index >= 15 is 0 Å². The average Bonchev–Trinajstić information content (AvgIpc) is 2.04. The van der Waals surface area contributed by atoms with Crippen LogP contribution in [0.25, 0.3) is 0 Å². The number of hydrogen-bond acceptors (Lipinski definition) is 21. The Bertz CT molecular complexity index is 647. The van der Waals surface area contributed by atoms with E-state index in [0.29, 0.717) is 19.8 Å². The van der Waals surface area contributed by atoms with Gasteiger partial charge in [-0.2, -0.15) is 0 Å². The van der Waals surface area contributed by atoms with Gasteiger partial charge in [0.25, 0.3) is 0 Å². The molecule has 0 N–H and O–H groups in total. The van der Waals surface area contributed by atoms with Gasteiger partial charge in [0.2, 0.25) is 0 Å². The Balaban J connectivity index is -0.0000000251. The van der Waals surface area contributed by atoms with Gasteiger partial charge < -0.3 is 0 Å². The van der Waals surface area contributed by atoms with Crippen LogP contribution in [-0.2, 0) is 146 Å². The van der Waals surface area contributed by atoms with E-state index in [1.165, 1.54) is 0 Å². The Hall–Kier alpha value is 3.04. The van der Waals surface area contributed by atoms with Crippen LogP contribution in [0.5, 0.6) is 0 Å². The molecular weight excluding hydrogens is 1250 g/mol. The third-order valence-electron chi connectivity index (χ3n) is 0. The van der Waals surface area contributed by atoms with E-state index in [9.17, 15) is 0 Å². The number of hydrogen-bond donors (Lipinski definition) is 0. The zero-order chi connectivity index (χ0) is 24.5. The Morgan fingerprint density at radius 3 is 0.333 bits per heavy atom. The van der Waals surface area contributed by atoms with Crippen LogP contribution in [0.15, 0.2) is 0 Å². The standard InChI is InChI=1S/2Bi.5Cr.Fe.21O.W/q2*+3;;;;;;+2;;;;;;;;;;;;10*-1;+2. The van der Waals surface area contributed by atoms with Crippen molar-refractivity contribution >= 4 is 52.4 Å². The SMILES string of the molecule is [Bi+3].[Bi+3].[Fe+2].[O]=[Cr](=[O])([O-])[O-].[O]=[Cr](=[O])([O-])[O-].[O]=[Cr](=[O])([O-])[O-].[O]=[Cr](=[O])([O-])[O-].[O]=[Cr](=[O])([O-])[O-].[O]=[W+2]. The first-order valence-corrected chi connectivity index (χ1v) is 15.1. The quantitative estimate of drug-likeness (QED) is 0.203. The molecule has 30 heavy (non-hydrogen) atoms. The normalized spacial score (nSPS) is 9.77. The maximum absolute atomic E-state index is 8.59. The molecule has 0 aliphatic rings. The molecule has 180 valence electrons. The van der Waals surface area contributed by atoms with Crippen molar-refractivity contribution in [2.75, 3.05) is 0 Å². The molecular formula is Bi2Cr5FeO21W. The summed E-state index contributed by atoms with van der Waals surface area (Å²) >= 11 is -28.4. The van der Waals surface area contributed by atoms with Crippen molar-refractivity contribution in [1.29, 1.82) is 0 Å². The summed E-state index contributed by atoms with van der Waals surface area (Å²) in [6.07, 6.45) is 0. The van der Waals surface area contributed by atoms with Gasteiger partial charge >= 0.3 is 240 Å². The van der Waals surface area contributed by atoms with Crippen LogP contribution >= 0.6 is 0 Å². The van der Waals surface area contributed by atoms with Gasteiger partial charge in [-0.25, -0.2) is 0 Å². The van der Waals surface area contributed by atoms with Crippen molar-refractivity contribution in [2.45, 2.75) is 0 Å². The van der Waals surface area contributed by atoms with Gasteiger partial charge in [0.15, 0.2) is 0 Å². The Labute approximate surface area is 236 Å². The van der Waals surface area contributed by atoms with Gasteiger partial charge in [0, 0.05) is 0 Å². The molecule has 21 nitrogen and oxygen atoms in total. The van der Waals surface area contributed by atoms with Crippen molar-refractivity contribution in [3.8, 4) is 0 Å². The molecule has 0 unspecified atom stereocenters. The van der Waals surface area contributed by atoms with E-state index in [2.05, 4.69) is 0 Å². The Morgan fingerprint density at radius 2 is 0.333 bits per heavy atom. The maximum atomic E-state index is 8.59. The van der Waals surface area contributed by atoms with Gasteiger partial charge in [0.1, 0.15) is 0 Å². The molecule has 4 radical (unpaired) electrons. The molecule has 0 saturated carbocycles. The van der Waals surface area contributed by atoms with Crippen molar-refractivity contribution < 1.29 is 188 Å². The van der Waals surface area contributed by atoms with Gasteiger partial charge in [-0.1, -0.05) is 0 Å². The monoisotopic (exact) mass is 1250 g/mol. The first-order valence-electron chi connectivity index (χ1n) is 3.50. The van der Waals surface area contributed by atoms with E-state index < -0.39 is 68.1 Å². The second kappa shape index (κ2) is 28.3. The molecule has 0 aliphatic heterocycles. The fourth-order valence-corrected chi connectivity index (χ4v) is 0. The predicted octanol–water partition coefficient (Wildman–Crippen LogP) is -14.0.